The van der Waals surface area contributed by atoms with Gasteiger partial charge in [-0.3, -0.25) is 4.57 Å². The molecule has 0 aliphatic rings. The summed E-state index contributed by atoms with van der Waals surface area (Å²) in [7, 11) is 0. The maximum Gasteiger partial charge on any atom is 1.00 e. The zero-order valence-corrected chi connectivity index (χ0v) is 13.7. The van der Waals surface area contributed by atoms with E-state index in [0.29, 0.717) is 12.5 Å². The van der Waals surface area contributed by atoms with Gasteiger partial charge in [0.2, 0.25) is 0 Å². The number of carbonyl (C=O) groups is 1. The molecule has 0 fully saturated rings. The van der Waals surface area contributed by atoms with Crippen LogP contribution in [0.1, 0.15) is 0 Å². The van der Waals surface area contributed by atoms with Gasteiger partial charge in [-0.1, -0.05) is 0 Å². The fraction of sp³-hybridized carbons (Fsp3) is 0.333. The number of halogens is 4. The summed E-state index contributed by atoms with van der Waals surface area (Å²) in [5.74, 6) is -8.43. The molecule has 1 rings (SSSR count). The van der Waals surface area contributed by atoms with Gasteiger partial charge in [0.25, 0.3) is 0 Å². The van der Waals surface area contributed by atoms with Gasteiger partial charge < -0.3 is 9.90 Å². The fourth-order valence-electron chi connectivity index (χ4n) is 0.710. The molecule has 1 heterocycles. The summed E-state index contributed by atoms with van der Waals surface area (Å²) in [6.45, 7) is 0. The average Bonchev–Trinajstić information content (AvgIpc) is 2.55. The van der Waals surface area contributed by atoms with E-state index >= 15 is 0 Å². The van der Waals surface area contributed by atoms with Gasteiger partial charge in [-0.15, -0.1) is 0 Å². The molecule has 0 spiro atoms. The van der Waals surface area contributed by atoms with Crippen LogP contribution < -0.4 is 74.0 Å². The van der Waals surface area contributed by atoms with E-state index in [-0.39, 0.29) is 73.5 Å². The molecular formula is C6H3CsF4N2O2. The van der Waals surface area contributed by atoms with E-state index < -0.39 is 17.9 Å². The maximum atomic E-state index is 12.8. The van der Waals surface area contributed by atoms with E-state index in [1.807, 2.05) is 0 Å². The number of aromatic nitrogens is 2. The van der Waals surface area contributed by atoms with Gasteiger partial charge in [-0.2, -0.15) is 17.6 Å². The summed E-state index contributed by atoms with van der Waals surface area (Å²) in [5, 5.41) is 9.79. The van der Waals surface area contributed by atoms with Crippen molar-refractivity contribution in [3.05, 3.63) is 18.7 Å². The molecule has 1 aromatic heterocycles. The Kier molecular flexibility index (Phi) is 5.34. The number of rotatable bonds is 3. The van der Waals surface area contributed by atoms with Crippen LogP contribution in [0.4, 0.5) is 17.6 Å². The zero-order chi connectivity index (χ0) is 11.0. The topological polar surface area (TPSA) is 57.9 Å². The molecule has 0 amide bonds. The predicted octanol–water partition coefficient (Wildman–Crippen LogP) is -3.18. The van der Waals surface area contributed by atoms with Crippen LogP contribution in [-0.4, -0.2) is 21.4 Å². The molecule has 0 saturated carbocycles. The molecule has 0 unspecified atom stereocenters. The first-order chi connectivity index (χ1) is 6.30. The van der Waals surface area contributed by atoms with E-state index in [1.54, 1.807) is 0 Å². The molecule has 4 nitrogen and oxygen atoms in total. The number of hydrogen-bond donors (Lipinski definition) is 0. The normalized spacial score (nSPS) is 12.0. The molecule has 0 N–H and O–H groups in total. The SMILES string of the molecule is O=C([O-])C(F)(F)C(F)(F)n1ccnc1.[Cs+]. The van der Waals surface area contributed by atoms with Crippen LogP contribution in [0.3, 0.4) is 0 Å². The second-order valence-corrected chi connectivity index (χ2v) is 2.37. The molecule has 0 aromatic carbocycles. The van der Waals surface area contributed by atoms with E-state index in [1.165, 1.54) is 0 Å². The second kappa shape index (κ2) is 5.19. The molecule has 0 saturated heterocycles. The van der Waals surface area contributed by atoms with Gasteiger partial charge in [0, 0.05) is 12.4 Å². The van der Waals surface area contributed by atoms with E-state index in [9.17, 15) is 27.5 Å². The fourth-order valence-corrected chi connectivity index (χ4v) is 0.710. The molecule has 15 heavy (non-hydrogen) atoms. The Morgan fingerprint density at radius 3 is 2.20 bits per heavy atom. The van der Waals surface area contributed by atoms with Gasteiger partial charge in [-0.05, 0) is 0 Å². The van der Waals surface area contributed by atoms with Gasteiger partial charge in [0.1, 0.15) is 5.97 Å². The molecule has 0 aliphatic heterocycles. The number of carboxylic acid groups (broad SMARTS) is 1. The van der Waals surface area contributed by atoms with Crippen molar-refractivity contribution in [2.24, 2.45) is 0 Å². The van der Waals surface area contributed by atoms with Gasteiger partial charge >= 0.3 is 80.9 Å². The Morgan fingerprint density at radius 1 is 1.33 bits per heavy atom. The van der Waals surface area contributed by atoms with Crippen molar-refractivity contribution in [2.75, 3.05) is 0 Å². The van der Waals surface area contributed by atoms with Crippen LogP contribution >= 0.6 is 0 Å². The van der Waals surface area contributed by atoms with Crippen LogP contribution in [0.25, 0.3) is 0 Å². The van der Waals surface area contributed by atoms with Crippen LogP contribution in [-0.2, 0) is 10.8 Å². The molecule has 0 aliphatic carbocycles. The third kappa shape index (κ3) is 2.77. The van der Waals surface area contributed by atoms with Crippen molar-refractivity contribution in [1.82, 2.24) is 9.55 Å². The standard InChI is InChI=1S/C6H4F4N2O2.Cs/c7-5(8,4(13)14)6(9,10)12-2-1-11-3-12;/h1-3H,(H,13,14);/q;+1/p-1. The number of carbonyl (C=O) groups excluding carboxylic acids is 1. The minimum atomic E-state index is -5.28. The quantitative estimate of drug-likeness (QED) is 0.544. The van der Waals surface area contributed by atoms with Crippen LogP contribution in [0, 0.1) is 0 Å². The van der Waals surface area contributed by atoms with E-state index in [2.05, 4.69) is 4.98 Å². The third-order valence-corrected chi connectivity index (χ3v) is 1.46. The molecule has 0 atom stereocenters. The van der Waals surface area contributed by atoms with Crippen molar-refractivity contribution in [3.63, 3.8) is 0 Å². The number of nitrogens with zero attached hydrogens (tertiary/aromatic N) is 2. The van der Waals surface area contributed by atoms with Crippen molar-refractivity contribution in [3.8, 4) is 0 Å². The summed E-state index contributed by atoms with van der Waals surface area (Å²) in [6, 6.07) is -4.90. The van der Waals surface area contributed by atoms with Crippen LogP contribution in [0.5, 0.6) is 0 Å². The van der Waals surface area contributed by atoms with Gasteiger partial charge in [0.05, 0.1) is 6.33 Å². The minimum absolute atomic E-state index is 0. The van der Waals surface area contributed by atoms with Gasteiger partial charge in [-0.25, -0.2) is 4.98 Å². The monoisotopic (exact) mass is 344 g/mol. The number of aliphatic carboxylic acids is 1. The van der Waals surface area contributed by atoms with Crippen molar-refractivity contribution in [1.29, 1.82) is 0 Å². The van der Waals surface area contributed by atoms with Gasteiger partial charge in [0.15, 0.2) is 0 Å². The first-order valence-electron chi connectivity index (χ1n) is 3.25. The van der Waals surface area contributed by atoms with E-state index in [4.69, 9.17) is 0 Å². The summed E-state index contributed by atoms with van der Waals surface area (Å²) >= 11 is 0. The number of hydrogen-bond acceptors (Lipinski definition) is 3. The minimum Gasteiger partial charge on any atom is -0.544 e. The van der Waals surface area contributed by atoms with Crippen molar-refractivity contribution in [2.45, 2.75) is 12.0 Å². The largest absolute Gasteiger partial charge is 1.00 e. The molecule has 78 valence electrons. The molecule has 0 bridgehead atoms. The predicted molar refractivity (Wildman–Crippen MR) is 32.4 cm³/mol. The first kappa shape index (κ1) is 15.5. The van der Waals surface area contributed by atoms with Crippen LogP contribution in [0.2, 0.25) is 0 Å². The Hall–Kier alpha value is 0.452. The summed E-state index contributed by atoms with van der Waals surface area (Å²) in [5.41, 5.74) is 0. The molecular weight excluding hydrogens is 341 g/mol. The molecule has 9 heteroatoms. The summed E-state index contributed by atoms with van der Waals surface area (Å²) in [6.07, 6.45) is 1.73. The zero-order valence-electron chi connectivity index (χ0n) is 7.45. The Bertz CT molecular complexity index is 341. The van der Waals surface area contributed by atoms with Crippen LogP contribution in [0.15, 0.2) is 18.7 Å². The summed E-state index contributed by atoms with van der Waals surface area (Å²) in [4.78, 5) is 12.9. The average molecular weight is 344 g/mol. The number of imidazole rings is 1. The second-order valence-electron chi connectivity index (χ2n) is 2.37. The number of carboxylic acids is 1. The third-order valence-electron chi connectivity index (χ3n) is 1.46. The Morgan fingerprint density at radius 2 is 1.87 bits per heavy atom. The maximum absolute atomic E-state index is 12.8. The first-order valence-corrected chi connectivity index (χ1v) is 3.25. The Labute approximate surface area is 140 Å². The Balaban J connectivity index is 0.00000196. The molecule has 0 radical (unpaired) electrons. The molecule has 1 aromatic rings. The van der Waals surface area contributed by atoms with Crippen molar-refractivity contribution >= 4 is 5.97 Å². The van der Waals surface area contributed by atoms with E-state index in [0.717, 1.165) is 6.20 Å². The van der Waals surface area contributed by atoms with Crippen molar-refractivity contribution < 1.29 is 96.4 Å². The number of alkyl halides is 4. The smallest absolute Gasteiger partial charge is 0.544 e. The summed E-state index contributed by atoms with van der Waals surface area (Å²) < 4.78 is 50.1.